The molecule has 0 aromatic heterocycles. The van der Waals surface area contributed by atoms with Gasteiger partial charge in [-0.25, -0.2) is 8.42 Å². The van der Waals surface area contributed by atoms with E-state index >= 15 is 0 Å². The highest BCUT2D eigenvalue weighted by Crippen LogP contribution is 2.18. The molecule has 0 saturated carbocycles. The Morgan fingerprint density at radius 2 is 1.64 bits per heavy atom. The summed E-state index contributed by atoms with van der Waals surface area (Å²) in [5, 5.41) is 0. The van der Waals surface area contributed by atoms with Crippen LogP contribution in [0, 0.1) is 0 Å². The average molecular weight is 401 g/mol. The van der Waals surface area contributed by atoms with Gasteiger partial charge in [0.05, 0.1) is 25.0 Å². The van der Waals surface area contributed by atoms with Crippen LogP contribution in [0.25, 0.3) is 0 Å². The summed E-state index contributed by atoms with van der Waals surface area (Å²) >= 11 is 0. The Morgan fingerprint density at radius 3 is 2.29 bits per heavy atom. The Bertz CT molecular complexity index is 841. The fourth-order valence-corrected chi connectivity index (χ4v) is 4.95. The second kappa shape index (κ2) is 9.98. The van der Waals surface area contributed by atoms with Crippen molar-refractivity contribution in [3.8, 4) is 0 Å². The van der Waals surface area contributed by atoms with Crippen molar-refractivity contribution in [3.63, 3.8) is 0 Å². The minimum absolute atomic E-state index is 0.0408. The van der Waals surface area contributed by atoms with Crippen molar-refractivity contribution in [2.75, 3.05) is 32.0 Å². The minimum atomic E-state index is -3.37. The van der Waals surface area contributed by atoms with Crippen molar-refractivity contribution >= 4 is 10.0 Å². The van der Waals surface area contributed by atoms with Gasteiger partial charge in [-0.1, -0.05) is 66.7 Å². The highest BCUT2D eigenvalue weighted by atomic mass is 32.2. The summed E-state index contributed by atoms with van der Waals surface area (Å²) in [7, 11) is -3.37. The number of piperazine rings is 1. The smallest absolute Gasteiger partial charge is 0.218 e. The van der Waals surface area contributed by atoms with Gasteiger partial charge in [0.2, 0.25) is 10.0 Å². The lowest BCUT2D eigenvalue weighted by Crippen LogP contribution is -2.56. The zero-order valence-electron chi connectivity index (χ0n) is 16.1. The summed E-state index contributed by atoms with van der Waals surface area (Å²) in [4.78, 5) is 2.30. The predicted octanol–water partition coefficient (Wildman–Crippen LogP) is 2.91. The van der Waals surface area contributed by atoms with Crippen molar-refractivity contribution in [2.24, 2.45) is 0 Å². The normalized spacial score (nSPS) is 18.8. The Hall–Kier alpha value is -1.99. The maximum absolute atomic E-state index is 12.7. The SMILES string of the molecule is C=CCS(=O)(=O)N1CCN(Cc2ccccc2)CC1COCc1ccccc1. The van der Waals surface area contributed by atoms with Gasteiger partial charge in [-0.2, -0.15) is 4.31 Å². The lowest BCUT2D eigenvalue weighted by Gasteiger charge is -2.40. The average Bonchev–Trinajstić information content (AvgIpc) is 2.70. The second-order valence-corrected chi connectivity index (χ2v) is 9.02. The van der Waals surface area contributed by atoms with E-state index in [0.717, 1.165) is 12.1 Å². The molecule has 1 unspecified atom stereocenters. The minimum Gasteiger partial charge on any atom is -0.375 e. The first-order valence-corrected chi connectivity index (χ1v) is 11.2. The third-order valence-electron chi connectivity index (χ3n) is 4.87. The van der Waals surface area contributed by atoms with Crippen LogP contribution in [-0.2, 0) is 27.9 Å². The molecule has 0 amide bonds. The van der Waals surface area contributed by atoms with E-state index < -0.39 is 10.0 Å². The zero-order valence-corrected chi connectivity index (χ0v) is 16.9. The van der Waals surface area contributed by atoms with Gasteiger partial charge in [-0.05, 0) is 11.1 Å². The molecule has 0 aliphatic carbocycles. The third-order valence-corrected chi connectivity index (χ3v) is 6.72. The molecule has 2 aromatic carbocycles. The molecule has 6 heteroatoms. The van der Waals surface area contributed by atoms with Gasteiger partial charge in [0.15, 0.2) is 0 Å². The molecule has 5 nitrogen and oxygen atoms in total. The molecule has 1 aliphatic heterocycles. The molecule has 1 atom stereocenters. The van der Waals surface area contributed by atoms with Crippen LogP contribution in [0.1, 0.15) is 11.1 Å². The number of hydrogen-bond acceptors (Lipinski definition) is 4. The first-order valence-electron chi connectivity index (χ1n) is 9.57. The highest BCUT2D eigenvalue weighted by Gasteiger charge is 2.34. The van der Waals surface area contributed by atoms with E-state index in [2.05, 4.69) is 23.6 Å². The summed E-state index contributed by atoms with van der Waals surface area (Å²) in [6, 6.07) is 20.0. The fraction of sp³-hybridized carbons (Fsp3) is 0.364. The van der Waals surface area contributed by atoms with E-state index in [-0.39, 0.29) is 11.8 Å². The fourth-order valence-electron chi connectivity index (χ4n) is 3.52. The van der Waals surface area contributed by atoms with Crippen LogP contribution >= 0.6 is 0 Å². The van der Waals surface area contributed by atoms with Crippen LogP contribution in [-0.4, -0.2) is 55.7 Å². The highest BCUT2D eigenvalue weighted by molar-refractivity contribution is 7.89. The first kappa shape index (κ1) is 20.7. The number of rotatable bonds is 9. The molecule has 0 bridgehead atoms. The lowest BCUT2D eigenvalue weighted by molar-refractivity contribution is 0.0367. The largest absolute Gasteiger partial charge is 0.375 e. The topological polar surface area (TPSA) is 49.9 Å². The molecular weight excluding hydrogens is 372 g/mol. The Kier molecular flexibility index (Phi) is 7.39. The predicted molar refractivity (Wildman–Crippen MR) is 112 cm³/mol. The van der Waals surface area contributed by atoms with Crippen LogP contribution in [0.15, 0.2) is 73.3 Å². The van der Waals surface area contributed by atoms with Crippen molar-refractivity contribution in [1.29, 1.82) is 0 Å². The van der Waals surface area contributed by atoms with Gasteiger partial charge in [-0.3, -0.25) is 4.90 Å². The van der Waals surface area contributed by atoms with E-state index in [0.29, 0.717) is 32.8 Å². The molecule has 1 heterocycles. The number of nitrogens with zero attached hydrogens (tertiary/aromatic N) is 2. The van der Waals surface area contributed by atoms with Gasteiger partial charge < -0.3 is 4.74 Å². The Morgan fingerprint density at radius 1 is 1.00 bits per heavy atom. The van der Waals surface area contributed by atoms with Crippen molar-refractivity contribution in [3.05, 3.63) is 84.4 Å². The third kappa shape index (κ3) is 5.75. The van der Waals surface area contributed by atoms with Gasteiger partial charge in [0.25, 0.3) is 0 Å². The van der Waals surface area contributed by atoms with Gasteiger partial charge in [0.1, 0.15) is 0 Å². The first-order chi connectivity index (χ1) is 13.6. The van der Waals surface area contributed by atoms with E-state index in [1.54, 1.807) is 4.31 Å². The van der Waals surface area contributed by atoms with E-state index in [4.69, 9.17) is 4.74 Å². The van der Waals surface area contributed by atoms with E-state index in [1.807, 2.05) is 48.5 Å². The molecule has 1 saturated heterocycles. The zero-order chi connectivity index (χ0) is 19.8. The molecule has 0 spiro atoms. The molecule has 1 aliphatic rings. The Labute approximate surface area is 168 Å². The molecule has 0 N–H and O–H groups in total. The summed E-state index contributed by atoms with van der Waals surface area (Å²) in [6.07, 6.45) is 1.45. The quantitative estimate of drug-likeness (QED) is 0.608. The molecule has 28 heavy (non-hydrogen) atoms. The Balaban J connectivity index is 1.66. The summed E-state index contributed by atoms with van der Waals surface area (Å²) < 4.78 is 32.9. The molecule has 1 fully saturated rings. The standard InChI is InChI=1S/C22H28N2O3S/c1-2-15-28(25,26)24-14-13-23(16-20-9-5-3-6-10-20)17-22(24)19-27-18-21-11-7-4-8-12-21/h2-12,22H,1,13-19H2. The molecule has 150 valence electrons. The maximum atomic E-state index is 12.7. The van der Waals surface area contributed by atoms with Gasteiger partial charge >= 0.3 is 0 Å². The van der Waals surface area contributed by atoms with Crippen molar-refractivity contribution < 1.29 is 13.2 Å². The second-order valence-electron chi connectivity index (χ2n) is 7.05. The van der Waals surface area contributed by atoms with Gasteiger partial charge in [0, 0.05) is 26.2 Å². The van der Waals surface area contributed by atoms with Crippen LogP contribution in [0.4, 0.5) is 0 Å². The number of hydrogen-bond donors (Lipinski definition) is 0. The molecular formula is C22H28N2O3S. The summed E-state index contributed by atoms with van der Waals surface area (Å²) in [5.74, 6) is -0.0408. The van der Waals surface area contributed by atoms with Crippen LogP contribution in [0.5, 0.6) is 0 Å². The number of ether oxygens (including phenoxy) is 1. The lowest BCUT2D eigenvalue weighted by atomic mass is 10.1. The number of sulfonamides is 1. The van der Waals surface area contributed by atoms with Crippen LogP contribution in [0.2, 0.25) is 0 Å². The molecule has 3 rings (SSSR count). The van der Waals surface area contributed by atoms with Crippen molar-refractivity contribution in [1.82, 2.24) is 9.21 Å². The monoisotopic (exact) mass is 400 g/mol. The van der Waals surface area contributed by atoms with E-state index in [9.17, 15) is 8.42 Å². The summed E-state index contributed by atoms with van der Waals surface area (Å²) in [6.45, 7) is 7.09. The van der Waals surface area contributed by atoms with Crippen molar-refractivity contribution in [2.45, 2.75) is 19.2 Å². The number of benzene rings is 2. The van der Waals surface area contributed by atoms with Crippen LogP contribution in [0.3, 0.4) is 0 Å². The van der Waals surface area contributed by atoms with Gasteiger partial charge in [-0.15, -0.1) is 6.58 Å². The van der Waals surface area contributed by atoms with E-state index in [1.165, 1.54) is 11.6 Å². The molecule has 2 aromatic rings. The summed E-state index contributed by atoms with van der Waals surface area (Å²) in [5.41, 5.74) is 2.31. The molecule has 0 radical (unpaired) electrons. The maximum Gasteiger partial charge on any atom is 0.218 e. The van der Waals surface area contributed by atoms with Crippen LogP contribution < -0.4 is 0 Å².